The second-order valence-corrected chi connectivity index (χ2v) is 7.72. The molecule has 9 nitrogen and oxygen atoms in total. The SMILES string of the molecule is O=[N+]([O-])c1ccc(N2CCN(c3ccc4nnc(C5CC5)n4n3)CC2)c(C(F)(F)F)c1. The van der Waals surface area contributed by atoms with Crippen molar-refractivity contribution >= 4 is 22.8 Å². The monoisotopic (exact) mass is 433 g/mol. The molecule has 31 heavy (non-hydrogen) atoms. The van der Waals surface area contributed by atoms with E-state index in [1.165, 1.54) is 6.07 Å². The summed E-state index contributed by atoms with van der Waals surface area (Å²) in [6.45, 7) is 1.60. The predicted octanol–water partition coefficient (Wildman–Crippen LogP) is 3.26. The third-order valence-electron chi connectivity index (χ3n) is 5.66. The highest BCUT2D eigenvalue weighted by atomic mass is 19.4. The van der Waals surface area contributed by atoms with Crippen LogP contribution in [0.3, 0.4) is 0 Å². The van der Waals surface area contributed by atoms with Crippen molar-refractivity contribution in [2.75, 3.05) is 36.0 Å². The number of rotatable bonds is 4. The van der Waals surface area contributed by atoms with Crippen molar-refractivity contribution in [3.8, 4) is 0 Å². The van der Waals surface area contributed by atoms with Crippen LogP contribution in [-0.4, -0.2) is 50.9 Å². The van der Waals surface area contributed by atoms with E-state index < -0.39 is 22.4 Å². The zero-order chi connectivity index (χ0) is 21.8. The minimum atomic E-state index is -4.68. The molecule has 0 amide bonds. The van der Waals surface area contributed by atoms with Crippen molar-refractivity contribution in [3.05, 3.63) is 51.8 Å². The lowest BCUT2D eigenvalue weighted by Crippen LogP contribution is -2.47. The molecule has 162 valence electrons. The quantitative estimate of drug-likeness (QED) is 0.461. The number of anilines is 2. The van der Waals surface area contributed by atoms with Gasteiger partial charge in [-0.3, -0.25) is 10.1 Å². The van der Waals surface area contributed by atoms with Gasteiger partial charge in [0.1, 0.15) is 5.82 Å². The molecule has 5 rings (SSSR count). The molecule has 1 aliphatic carbocycles. The zero-order valence-corrected chi connectivity index (χ0v) is 16.3. The van der Waals surface area contributed by atoms with Crippen LogP contribution in [0.2, 0.25) is 0 Å². The number of nitro groups is 1. The van der Waals surface area contributed by atoms with E-state index >= 15 is 0 Å². The number of piperazine rings is 1. The van der Waals surface area contributed by atoms with Crippen LogP contribution in [0.5, 0.6) is 0 Å². The number of halogens is 3. The molecule has 1 saturated carbocycles. The van der Waals surface area contributed by atoms with Gasteiger partial charge >= 0.3 is 6.18 Å². The molecular weight excluding hydrogens is 415 g/mol. The standard InChI is InChI=1S/C19H18F3N7O2/c20-19(21,22)14-11-13(29(30)31)3-4-15(14)26-7-9-27(10-8-26)17-6-5-16-23-24-18(12-1-2-12)28(16)25-17/h3-6,11-12H,1-2,7-10H2. The van der Waals surface area contributed by atoms with Crippen LogP contribution in [0.25, 0.3) is 5.65 Å². The first kappa shape index (κ1) is 19.5. The maximum absolute atomic E-state index is 13.5. The van der Waals surface area contributed by atoms with Crippen LogP contribution in [-0.2, 0) is 6.18 Å². The fourth-order valence-corrected chi connectivity index (χ4v) is 3.88. The third kappa shape index (κ3) is 3.62. The van der Waals surface area contributed by atoms with Gasteiger partial charge in [-0.25, -0.2) is 0 Å². The fourth-order valence-electron chi connectivity index (χ4n) is 3.88. The van der Waals surface area contributed by atoms with Crippen molar-refractivity contribution in [1.82, 2.24) is 19.8 Å². The lowest BCUT2D eigenvalue weighted by molar-refractivity contribution is -0.385. The van der Waals surface area contributed by atoms with Crippen LogP contribution >= 0.6 is 0 Å². The van der Waals surface area contributed by atoms with Gasteiger partial charge in [0.05, 0.1) is 10.5 Å². The van der Waals surface area contributed by atoms with Crippen molar-refractivity contribution in [2.45, 2.75) is 24.9 Å². The second kappa shape index (κ2) is 7.06. The van der Waals surface area contributed by atoms with Crippen molar-refractivity contribution in [1.29, 1.82) is 0 Å². The summed E-state index contributed by atoms with van der Waals surface area (Å²) >= 11 is 0. The number of nitro benzene ring substituents is 1. The van der Waals surface area contributed by atoms with Gasteiger partial charge in [-0.2, -0.15) is 17.7 Å². The Bertz CT molecular complexity index is 1150. The van der Waals surface area contributed by atoms with Crippen molar-refractivity contribution in [2.24, 2.45) is 0 Å². The predicted molar refractivity (Wildman–Crippen MR) is 105 cm³/mol. The van der Waals surface area contributed by atoms with Gasteiger partial charge in [-0.1, -0.05) is 0 Å². The smallest absolute Gasteiger partial charge is 0.367 e. The highest BCUT2D eigenvalue weighted by molar-refractivity contribution is 5.60. The average molecular weight is 433 g/mol. The number of non-ortho nitro benzene ring substituents is 1. The molecule has 0 atom stereocenters. The van der Waals surface area contributed by atoms with Crippen LogP contribution in [0, 0.1) is 10.1 Å². The first-order chi connectivity index (χ1) is 14.8. The third-order valence-corrected chi connectivity index (χ3v) is 5.66. The van der Waals surface area contributed by atoms with Gasteiger partial charge in [0.2, 0.25) is 0 Å². The number of nitrogens with zero attached hydrogens (tertiary/aromatic N) is 7. The minimum Gasteiger partial charge on any atom is -0.367 e. The molecular formula is C19H18F3N7O2. The molecule has 0 spiro atoms. The Morgan fingerprint density at radius 1 is 1.00 bits per heavy atom. The summed E-state index contributed by atoms with van der Waals surface area (Å²) in [4.78, 5) is 13.7. The number of aromatic nitrogens is 4. The average Bonchev–Trinajstić information content (AvgIpc) is 3.51. The van der Waals surface area contributed by atoms with E-state index in [4.69, 9.17) is 0 Å². The van der Waals surface area contributed by atoms with Gasteiger partial charge < -0.3 is 9.80 Å². The van der Waals surface area contributed by atoms with E-state index in [9.17, 15) is 23.3 Å². The molecule has 2 aliphatic rings. The highest BCUT2D eigenvalue weighted by Gasteiger charge is 2.37. The summed E-state index contributed by atoms with van der Waals surface area (Å²) < 4.78 is 42.3. The van der Waals surface area contributed by atoms with Gasteiger partial charge in [0, 0.05) is 49.9 Å². The van der Waals surface area contributed by atoms with Gasteiger partial charge in [-0.15, -0.1) is 15.3 Å². The van der Waals surface area contributed by atoms with E-state index in [-0.39, 0.29) is 5.69 Å². The summed E-state index contributed by atoms with van der Waals surface area (Å²) in [7, 11) is 0. The molecule has 0 N–H and O–H groups in total. The normalized spacial score (nSPS) is 17.4. The summed E-state index contributed by atoms with van der Waals surface area (Å²) in [5, 5.41) is 23.9. The van der Waals surface area contributed by atoms with Crippen LogP contribution in [0.1, 0.15) is 30.1 Å². The van der Waals surface area contributed by atoms with Crippen LogP contribution < -0.4 is 9.80 Å². The molecule has 2 aromatic heterocycles. The molecule has 0 bridgehead atoms. The molecule has 1 aliphatic heterocycles. The first-order valence-corrected chi connectivity index (χ1v) is 9.89. The Morgan fingerprint density at radius 3 is 2.35 bits per heavy atom. The van der Waals surface area contributed by atoms with Crippen LogP contribution in [0.15, 0.2) is 30.3 Å². The Kier molecular flexibility index (Phi) is 4.45. The molecule has 1 saturated heterocycles. The molecule has 3 heterocycles. The Hall–Kier alpha value is -3.44. The summed E-state index contributed by atoms with van der Waals surface area (Å²) in [5.74, 6) is 1.95. The van der Waals surface area contributed by atoms with Crippen molar-refractivity contribution in [3.63, 3.8) is 0 Å². The number of alkyl halides is 3. The number of benzene rings is 1. The second-order valence-electron chi connectivity index (χ2n) is 7.72. The molecule has 3 aromatic rings. The minimum absolute atomic E-state index is 0.0454. The topological polar surface area (TPSA) is 92.7 Å². The highest BCUT2D eigenvalue weighted by Crippen LogP contribution is 2.40. The molecule has 2 fully saturated rings. The van der Waals surface area contributed by atoms with Crippen molar-refractivity contribution < 1.29 is 18.1 Å². The van der Waals surface area contributed by atoms with E-state index in [2.05, 4.69) is 15.3 Å². The molecule has 12 heteroatoms. The van der Waals surface area contributed by atoms with E-state index in [0.717, 1.165) is 24.7 Å². The van der Waals surface area contributed by atoms with Gasteiger partial charge in [0.25, 0.3) is 5.69 Å². The lowest BCUT2D eigenvalue weighted by atomic mass is 10.1. The molecule has 0 unspecified atom stereocenters. The maximum atomic E-state index is 13.5. The largest absolute Gasteiger partial charge is 0.418 e. The summed E-state index contributed by atoms with van der Waals surface area (Å²) in [6.07, 6.45) is -2.54. The van der Waals surface area contributed by atoms with E-state index in [0.29, 0.717) is 49.6 Å². The van der Waals surface area contributed by atoms with E-state index in [1.54, 1.807) is 9.42 Å². The summed E-state index contributed by atoms with van der Waals surface area (Å²) in [6, 6.07) is 6.57. The number of hydrogen-bond acceptors (Lipinski definition) is 7. The Labute approximate surface area is 174 Å². The number of fused-ring (bicyclic) bond motifs is 1. The summed E-state index contributed by atoms with van der Waals surface area (Å²) in [5.41, 5.74) is -0.943. The lowest BCUT2D eigenvalue weighted by Gasteiger charge is -2.37. The maximum Gasteiger partial charge on any atom is 0.418 e. The number of hydrogen-bond donors (Lipinski definition) is 0. The van der Waals surface area contributed by atoms with Crippen LogP contribution in [0.4, 0.5) is 30.4 Å². The van der Waals surface area contributed by atoms with Gasteiger partial charge in [-0.05, 0) is 31.0 Å². The van der Waals surface area contributed by atoms with E-state index in [1.807, 2.05) is 17.0 Å². The Morgan fingerprint density at radius 2 is 1.71 bits per heavy atom. The van der Waals surface area contributed by atoms with Gasteiger partial charge in [0.15, 0.2) is 11.5 Å². The first-order valence-electron chi connectivity index (χ1n) is 9.89. The molecule has 0 radical (unpaired) electrons. The Balaban J connectivity index is 1.37. The molecule has 1 aromatic carbocycles. The fraction of sp³-hybridized carbons (Fsp3) is 0.421. The zero-order valence-electron chi connectivity index (χ0n) is 16.3.